The first-order valence-corrected chi connectivity index (χ1v) is 5.03. The summed E-state index contributed by atoms with van der Waals surface area (Å²) < 4.78 is 0. The number of carboxylic acid groups (broad SMARTS) is 1. The van der Waals surface area contributed by atoms with Crippen molar-refractivity contribution in [2.45, 2.75) is 6.92 Å². The zero-order valence-corrected chi connectivity index (χ0v) is 9.65. The molecule has 0 aliphatic carbocycles. The van der Waals surface area contributed by atoms with E-state index in [2.05, 4.69) is 10.6 Å². The number of aliphatic carboxylic acids is 1. The molecule has 3 N–H and O–H groups in total. The van der Waals surface area contributed by atoms with Crippen molar-refractivity contribution in [2.75, 3.05) is 17.7 Å². The molecule has 0 fully saturated rings. The highest BCUT2D eigenvalue weighted by atomic mass is 16.4. The SMILES string of the molecule is CNc1ccc(C=CC(=O)O)c(NC(C)=O)c1. The van der Waals surface area contributed by atoms with Crippen molar-refractivity contribution < 1.29 is 14.7 Å². The molecule has 0 radical (unpaired) electrons. The molecule has 0 saturated heterocycles. The van der Waals surface area contributed by atoms with Gasteiger partial charge in [0.1, 0.15) is 0 Å². The van der Waals surface area contributed by atoms with Crippen LogP contribution in [0, 0.1) is 0 Å². The molecular formula is C12H14N2O3. The maximum atomic E-state index is 11.0. The number of hydrogen-bond donors (Lipinski definition) is 3. The topological polar surface area (TPSA) is 78.4 Å². The minimum absolute atomic E-state index is 0.205. The molecule has 0 aliphatic rings. The van der Waals surface area contributed by atoms with Gasteiger partial charge in [-0.25, -0.2) is 4.79 Å². The summed E-state index contributed by atoms with van der Waals surface area (Å²) in [5.74, 6) is -1.24. The molecule has 0 spiro atoms. The number of carbonyl (C=O) groups is 2. The predicted molar refractivity (Wildman–Crippen MR) is 67.0 cm³/mol. The highest BCUT2D eigenvalue weighted by molar-refractivity contribution is 5.94. The Labute approximate surface area is 99.1 Å². The number of carbonyl (C=O) groups excluding carboxylic acids is 1. The number of rotatable bonds is 4. The number of nitrogens with one attached hydrogen (secondary N) is 2. The van der Waals surface area contributed by atoms with Crippen molar-refractivity contribution in [3.8, 4) is 0 Å². The molecule has 5 nitrogen and oxygen atoms in total. The number of carboxylic acids is 1. The molecule has 0 heterocycles. The lowest BCUT2D eigenvalue weighted by Crippen LogP contribution is -2.07. The van der Waals surface area contributed by atoms with Gasteiger partial charge in [-0.3, -0.25) is 4.79 Å². The number of amides is 1. The second-order valence-electron chi connectivity index (χ2n) is 3.40. The molecule has 0 unspecified atom stereocenters. The normalized spacial score (nSPS) is 10.2. The Morgan fingerprint density at radius 3 is 2.59 bits per heavy atom. The molecule has 0 aliphatic heterocycles. The fourth-order valence-corrected chi connectivity index (χ4v) is 1.32. The highest BCUT2D eigenvalue weighted by Crippen LogP contribution is 2.22. The van der Waals surface area contributed by atoms with Crippen LogP contribution >= 0.6 is 0 Å². The van der Waals surface area contributed by atoms with Gasteiger partial charge in [0.2, 0.25) is 5.91 Å². The van der Waals surface area contributed by atoms with Gasteiger partial charge in [-0.05, 0) is 23.8 Å². The van der Waals surface area contributed by atoms with Crippen LogP contribution in [0.25, 0.3) is 6.08 Å². The summed E-state index contributed by atoms with van der Waals surface area (Å²) in [5, 5.41) is 14.2. The van der Waals surface area contributed by atoms with Gasteiger partial charge in [-0.1, -0.05) is 6.07 Å². The Morgan fingerprint density at radius 1 is 1.35 bits per heavy atom. The summed E-state index contributed by atoms with van der Waals surface area (Å²) in [5.41, 5.74) is 2.05. The molecule has 0 atom stereocenters. The highest BCUT2D eigenvalue weighted by Gasteiger charge is 2.03. The Bertz CT molecular complexity index is 467. The molecule has 1 amide bonds. The van der Waals surface area contributed by atoms with E-state index < -0.39 is 5.97 Å². The molecule has 0 bridgehead atoms. The Morgan fingerprint density at radius 2 is 2.06 bits per heavy atom. The van der Waals surface area contributed by atoms with Crippen LogP contribution in [0.4, 0.5) is 11.4 Å². The van der Waals surface area contributed by atoms with E-state index in [1.807, 2.05) is 0 Å². The van der Waals surface area contributed by atoms with Crippen molar-refractivity contribution in [3.63, 3.8) is 0 Å². The van der Waals surface area contributed by atoms with Gasteiger partial charge in [0, 0.05) is 25.7 Å². The quantitative estimate of drug-likeness (QED) is 0.694. The van der Waals surface area contributed by atoms with Crippen LogP contribution < -0.4 is 10.6 Å². The van der Waals surface area contributed by atoms with Gasteiger partial charge in [-0.15, -0.1) is 0 Å². The van der Waals surface area contributed by atoms with E-state index in [0.29, 0.717) is 11.3 Å². The molecule has 1 aromatic rings. The first kappa shape index (κ1) is 12.8. The monoisotopic (exact) mass is 234 g/mol. The van der Waals surface area contributed by atoms with Gasteiger partial charge < -0.3 is 15.7 Å². The number of hydrogen-bond acceptors (Lipinski definition) is 3. The lowest BCUT2D eigenvalue weighted by Gasteiger charge is -2.09. The molecular weight excluding hydrogens is 220 g/mol. The van der Waals surface area contributed by atoms with Crippen molar-refractivity contribution in [1.29, 1.82) is 0 Å². The van der Waals surface area contributed by atoms with E-state index in [-0.39, 0.29) is 5.91 Å². The fraction of sp³-hybridized carbons (Fsp3) is 0.167. The third-order valence-electron chi connectivity index (χ3n) is 2.06. The molecule has 17 heavy (non-hydrogen) atoms. The van der Waals surface area contributed by atoms with Crippen LogP contribution in [0.15, 0.2) is 24.3 Å². The summed E-state index contributed by atoms with van der Waals surface area (Å²) in [6, 6.07) is 5.27. The van der Waals surface area contributed by atoms with E-state index in [4.69, 9.17) is 5.11 Å². The first-order valence-electron chi connectivity index (χ1n) is 5.03. The first-order chi connectivity index (χ1) is 8.02. The maximum absolute atomic E-state index is 11.0. The zero-order valence-electron chi connectivity index (χ0n) is 9.65. The molecule has 0 aromatic heterocycles. The van der Waals surface area contributed by atoms with Crippen LogP contribution in [-0.4, -0.2) is 24.0 Å². The van der Waals surface area contributed by atoms with Crippen molar-refractivity contribution in [1.82, 2.24) is 0 Å². The fourth-order valence-electron chi connectivity index (χ4n) is 1.32. The van der Waals surface area contributed by atoms with Crippen molar-refractivity contribution in [3.05, 3.63) is 29.8 Å². The second kappa shape index (κ2) is 5.69. The van der Waals surface area contributed by atoms with Gasteiger partial charge in [0.15, 0.2) is 0 Å². The summed E-state index contributed by atoms with van der Waals surface area (Å²) in [6.45, 7) is 1.40. The van der Waals surface area contributed by atoms with Gasteiger partial charge in [-0.2, -0.15) is 0 Å². The lowest BCUT2D eigenvalue weighted by molar-refractivity contribution is -0.131. The molecule has 1 aromatic carbocycles. The van der Waals surface area contributed by atoms with Crippen LogP contribution in [0.5, 0.6) is 0 Å². The minimum atomic E-state index is -1.03. The maximum Gasteiger partial charge on any atom is 0.328 e. The standard InChI is InChI=1S/C12H14N2O3/c1-8(15)14-11-7-10(13-2)5-3-9(11)4-6-12(16)17/h3-7,13H,1-2H3,(H,14,15)(H,16,17). The average molecular weight is 234 g/mol. The molecule has 5 heteroatoms. The average Bonchev–Trinajstić information content (AvgIpc) is 2.26. The summed E-state index contributed by atoms with van der Waals surface area (Å²) in [4.78, 5) is 21.5. The van der Waals surface area contributed by atoms with E-state index in [1.165, 1.54) is 13.0 Å². The van der Waals surface area contributed by atoms with Gasteiger partial charge in [0.05, 0.1) is 5.69 Å². The Kier molecular flexibility index (Phi) is 4.28. The van der Waals surface area contributed by atoms with Crippen LogP contribution in [-0.2, 0) is 9.59 Å². The van der Waals surface area contributed by atoms with Gasteiger partial charge in [0.25, 0.3) is 0 Å². The second-order valence-corrected chi connectivity index (χ2v) is 3.40. The number of anilines is 2. The van der Waals surface area contributed by atoms with Crippen LogP contribution in [0.1, 0.15) is 12.5 Å². The van der Waals surface area contributed by atoms with Crippen molar-refractivity contribution in [2.24, 2.45) is 0 Å². The summed E-state index contributed by atoms with van der Waals surface area (Å²) in [6.07, 6.45) is 2.47. The van der Waals surface area contributed by atoms with E-state index >= 15 is 0 Å². The predicted octanol–water partition coefficient (Wildman–Crippen LogP) is 1.78. The van der Waals surface area contributed by atoms with E-state index in [0.717, 1.165) is 11.8 Å². The third kappa shape index (κ3) is 3.98. The molecule has 90 valence electrons. The number of benzene rings is 1. The summed E-state index contributed by atoms with van der Waals surface area (Å²) >= 11 is 0. The van der Waals surface area contributed by atoms with Crippen LogP contribution in [0.2, 0.25) is 0 Å². The largest absolute Gasteiger partial charge is 0.478 e. The Hall–Kier alpha value is -2.30. The Balaban J connectivity index is 3.09. The molecule has 1 rings (SSSR count). The van der Waals surface area contributed by atoms with Gasteiger partial charge >= 0.3 is 5.97 Å². The van der Waals surface area contributed by atoms with Crippen molar-refractivity contribution >= 4 is 29.3 Å². The van der Waals surface area contributed by atoms with E-state index in [9.17, 15) is 9.59 Å². The minimum Gasteiger partial charge on any atom is -0.478 e. The smallest absolute Gasteiger partial charge is 0.328 e. The van der Waals surface area contributed by atoms with E-state index in [1.54, 1.807) is 25.2 Å². The summed E-state index contributed by atoms with van der Waals surface area (Å²) in [7, 11) is 1.76. The third-order valence-corrected chi connectivity index (χ3v) is 2.06. The molecule has 0 saturated carbocycles. The zero-order chi connectivity index (χ0) is 12.8. The van der Waals surface area contributed by atoms with Crippen LogP contribution in [0.3, 0.4) is 0 Å². The lowest BCUT2D eigenvalue weighted by atomic mass is 10.1.